The number of aromatic nitrogens is 1. The smallest absolute Gasteiger partial charge is 0.416 e. The average molecular weight is 618 g/mol. The highest BCUT2D eigenvalue weighted by atomic mass is 35.5. The molecule has 218 valence electrons. The Morgan fingerprint density at radius 3 is 2.55 bits per heavy atom. The van der Waals surface area contributed by atoms with Crippen molar-refractivity contribution in [1.82, 2.24) is 9.71 Å². The van der Waals surface area contributed by atoms with Crippen molar-refractivity contribution in [2.24, 2.45) is 0 Å². The highest BCUT2D eigenvalue weighted by Crippen LogP contribution is 2.32. The summed E-state index contributed by atoms with van der Waals surface area (Å²) in [5.41, 5.74) is 0.263. The molecule has 0 aliphatic heterocycles. The minimum absolute atomic E-state index is 0.0994. The van der Waals surface area contributed by atoms with Crippen LogP contribution in [0.2, 0.25) is 5.02 Å². The predicted molar refractivity (Wildman–Crippen MR) is 153 cm³/mol. The molecule has 0 radical (unpaired) electrons. The number of pyridine rings is 1. The number of hydrogen-bond acceptors (Lipinski definition) is 6. The minimum Gasteiger partial charge on any atom is -0.483 e. The SMILES string of the molecule is Cc1cc(SNCCc2ccccn2)ccc1NC(=O)COc1ccc(Cl)cc1C(=O)c1cc(F)cc(C(F)(F)F)c1. The Labute approximate surface area is 248 Å². The number of carbonyl (C=O) groups is 2. The number of anilines is 1. The van der Waals surface area contributed by atoms with Crippen LogP contribution < -0.4 is 14.8 Å². The fraction of sp³-hybridized carbons (Fsp3) is 0.167. The fourth-order valence-electron chi connectivity index (χ4n) is 3.87. The Hall–Kier alpha value is -3.93. The van der Waals surface area contributed by atoms with E-state index in [4.69, 9.17) is 16.3 Å². The van der Waals surface area contributed by atoms with Gasteiger partial charge in [0.1, 0.15) is 11.6 Å². The first kappa shape index (κ1) is 31.0. The molecule has 0 spiro atoms. The molecule has 0 bridgehead atoms. The van der Waals surface area contributed by atoms with E-state index in [0.717, 1.165) is 22.6 Å². The van der Waals surface area contributed by atoms with Gasteiger partial charge in [-0.05, 0) is 91.2 Å². The van der Waals surface area contributed by atoms with E-state index in [1.807, 2.05) is 37.3 Å². The monoisotopic (exact) mass is 617 g/mol. The highest BCUT2D eigenvalue weighted by Gasteiger charge is 2.32. The van der Waals surface area contributed by atoms with Gasteiger partial charge in [0, 0.05) is 46.0 Å². The van der Waals surface area contributed by atoms with Crippen LogP contribution in [0.3, 0.4) is 0 Å². The van der Waals surface area contributed by atoms with E-state index in [0.29, 0.717) is 30.4 Å². The van der Waals surface area contributed by atoms with Gasteiger partial charge in [-0.3, -0.25) is 19.3 Å². The van der Waals surface area contributed by atoms with Gasteiger partial charge in [0.2, 0.25) is 0 Å². The Kier molecular flexibility index (Phi) is 10.2. The van der Waals surface area contributed by atoms with E-state index in [-0.39, 0.29) is 16.3 Å². The van der Waals surface area contributed by atoms with Crippen molar-refractivity contribution in [2.45, 2.75) is 24.4 Å². The average Bonchev–Trinajstić information content (AvgIpc) is 2.95. The minimum atomic E-state index is -4.85. The molecule has 0 aliphatic carbocycles. The molecule has 0 fully saturated rings. The van der Waals surface area contributed by atoms with E-state index >= 15 is 0 Å². The lowest BCUT2D eigenvalue weighted by atomic mass is 10.00. The van der Waals surface area contributed by atoms with Gasteiger partial charge in [-0.1, -0.05) is 17.7 Å². The lowest BCUT2D eigenvalue weighted by Crippen LogP contribution is -2.21. The van der Waals surface area contributed by atoms with Gasteiger partial charge in [0.25, 0.3) is 5.91 Å². The number of nitrogens with one attached hydrogen (secondary N) is 2. The maximum Gasteiger partial charge on any atom is 0.416 e. The standard InChI is InChI=1S/C30H24ClF4N3O3S/c1-18-12-24(42-37-11-9-23-4-2-3-10-36-23)6-7-26(18)38-28(39)17-41-27-8-5-21(31)16-25(27)29(40)19-13-20(30(33,34)35)15-22(32)14-19/h2-8,10,12-16,37H,9,11,17H2,1H3,(H,38,39). The summed E-state index contributed by atoms with van der Waals surface area (Å²) in [6, 6.07) is 16.7. The quantitative estimate of drug-likeness (QED) is 0.0796. The van der Waals surface area contributed by atoms with Crippen molar-refractivity contribution < 1.29 is 31.9 Å². The van der Waals surface area contributed by atoms with Crippen LogP contribution in [0.25, 0.3) is 0 Å². The lowest BCUT2D eigenvalue weighted by Gasteiger charge is -2.14. The zero-order valence-electron chi connectivity index (χ0n) is 22.1. The first-order valence-electron chi connectivity index (χ1n) is 12.5. The van der Waals surface area contributed by atoms with Crippen LogP contribution in [0.5, 0.6) is 5.75 Å². The predicted octanol–water partition coefficient (Wildman–Crippen LogP) is 7.29. The summed E-state index contributed by atoms with van der Waals surface area (Å²) in [6.07, 6.45) is -2.33. The number of ether oxygens (including phenoxy) is 1. The molecule has 1 aromatic heterocycles. The molecule has 4 rings (SSSR count). The van der Waals surface area contributed by atoms with E-state index in [1.54, 1.807) is 12.3 Å². The van der Waals surface area contributed by atoms with Crippen LogP contribution in [-0.2, 0) is 17.4 Å². The molecule has 3 aromatic carbocycles. The van der Waals surface area contributed by atoms with Crippen molar-refractivity contribution in [3.8, 4) is 5.75 Å². The number of benzene rings is 3. The molecule has 12 heteroatoms. The van der Waals surface area contributed by atoms with Gasteiger partial charge in [0.15, 0.2) is 12.4 Å². The van der Waals surface area contributed by atoms with Gasteiger partial charge in [-0.2, -0.15) is 13.2 Å². The Bertz CT molecular complexity index is 1590. The van der Waals surface area contributed by atoms with Crippen molar-refractivity contribution in [3.63, 3.8) is 0 Å². The molecule has 2 N–H and O–H groups in total. The summed E-state index contributed by atoms with van der Waals surface area (Å²) >= 11 is 7.45. The Morgan fingerprint density at radius 1 is 1.02 bits per heavy atom. The lowest BCUT2D eigenvalue weighted by molar-refractivity contribution is -0.137. The first-order valence-corrected chi connectivity index (χ1v) is 13.7. The fourth-order valence-corrected chi connectivity index (χ4v) is 4.79. The summed E-state index contributed by atoms with van der Waals surface area (Å²) < 4.78 is 62.2. The molecule has 1 amide bonds. The third kappa shape index (κ3) is 8.54. The zero-order valence-corrected chi connectivity index (χ0v) is 23.7. The summed E-state index contributed by atoms with van der Waals surface area (Å²) in [4.78, 5) is 30.9. The number of hydrogen-bond donors (Lipinski definition) is 2. The molecule has 6 nitrogen and oxygen atoms in total. The van der Waals surface area contributed by atoms with Crippen molar-refractivity contribution in [2.75, 3.05) is 18.5 Å². The van der Waals surface area contributed by atoms with E-state index < -0.39 is 41.4 Å². The summed E-state index contributed by atoms with van der Waals surface area (Å²) in [5, 5.41) is 2.83. The number of halogens is 5. The second kappa shape index (κ2) is 13.8. The molecule has 0 atom stereocenters. The van der Waals surface area contributed by atoms with E-state index in [9.17, 15) is 27.2 Å². The summed E-state index contributed by atoms with van der Waals surface area (Å²) in [6.45, 7) is 2.04. The van der Waals surface area contributed by atoms with E-state index in [2.05, 4.69) is 15.0 Å². The number of carbonyl (C=O) groups excluding carboxylic acids is 2. The van der Waals surface area contributed by atoms with Crippen LogP contribution >= 0.6 is 23.5 Å². The Balaban J connectivity index is 1.37. The largest absolute Gasteiger partial charge is 0.483 e. The van der Waals surface area contributed by atoms with Crippen LogP contribution in [-0.4, -0.2) is 29.8 Å². The Morgan fingerprint density at radius 2 is 1.83 bits per heavy atom. The maximum absolute atomic E-state index is 13.9. The molecule has 0 saturated carbocycles. The van der Waals surface area contributed by atoms with Gasteiger partial charge in [-0.15, -0.1) is 0 Å². The number of rotatable bonds is 11. The van der Waals surface area contributed by atoms with Gasteiger partial charge in [-0.25, -0.2) is 4.39 Å². The maximum atomic E-state index is 13.9. The van der Waals surface area contributed by atoms with Crippen LogP contribution in [0.4, 0.5) is 23.2 Å². The number of amides is 1. The van der Waals surface area contributed by atoms with Crippen LogP contribution in [0, 0.1) is 12.7 Å². The molecule has 1 heterocycles. The molecule has 4 aromatic rings. The van der Waals surface area contributed by atoms with Crippen molar-refractivity contribution in [3.05, 3.63) is 118 Å². The third-order valence-corrected chi connectivity index (χ3v) is 6.98. The van der Waals surface area contributed by atoms with Crippen LogP contribution in [0.15, 0.2) is 83.9 Å². The molecule has 0 unspecified atom stereocenters. The summed E-state index contributed by atoms with van der Waals surface area (Å²) in [7, 11) is 0. The van der Waals surface area contributed by atoms with Crippen molar-refractivity contribution >= 4 is 40.9 Å². The van der Waals surface area contributed by atoms with Gasteiger partial charge in [0.05, 0.1) is 11.1 Å². The third-order valence-electron chi connectivity index (χ3n) is 5.90. The number of ketones is 1. The number of nitrogens with zero attached hydrogens (tertiary/aromatic N) is 1. The number of aryl methyl sites for hydroxylation is 1. The van der Waals surface area contributed by atoms with Crippen molar-refractivity contribution in [1.29, 1.82) is 0 Å². The summed E-state index contributed by atoms with van der Waals surface area (Å²) in [5.74, 6) is -2.81. The van der Waals surface area contributed by atoms with E-state index in [1.165, 1.54) is 30.1 Å². The highest BCUT2D eigenvalue weighted by molar-refractivity contribution is 7.97. The molecule has 0 aliphatic rings. The van der Waals surface area contributed by atoms with Crippen LogP contribution in [0.1, 0.15) is 32.7 Å². The molecular formula is C30H24ClF4N3O3S. The topological polar surface area (TPSA) is 80.3 Å². The second-order valence-electron chi connectivity index (χ2n) is 9.08. The number of alkyl halides is 3. The van der Waals surface area contributed by atoms with Gasteiger partial charge < -0.3 is 10.1 Å². The first-order chi connectivity index (χ1) is 20.0. The second-order valence-corrected chi connectivity index (χ2v) is 10.5. The molecule has 42 heavy (non-hydrogen) atoms. The van der Waals surface area contributed by atoms with Gasteiger partial charge >= 0.3 is 6.18 Å². The molecular weight excluding hydrogens is 594 g/mol. The zero-order chi connectivity index (χ0) is 30.3. The normalized spacial score (nSPS) is 11.3. The molecule has 0 saturated heterocycles.